The highest BCUT2D eigenvalue weighted by Gasteiger charge is 2.30. The number of carbonyl (C=O) groups is 2. The second kappa shape index (κ2) is 10.1. The number of likely N-dealkylation sites (tertiary alicyclic amines) is 1. The molecule has 0 spiro atoms. The van der Waals surface area contributed by atoms with E-state index in [1.54, 1.807) is 11.3 Å². The first-order valence-electron chi connectivity index (χ1n) is 11.4. The first kappa shape index (κ1) is 22.2. The predicted molar refractivity (Wildman–Crippen MR) is 120 cm³/mol. The number of fused-ring (bicyclic) bond motifs is 1. The van der Waals surface area contributed by atoms with Gasteiger partial charge in [-0.3, -0.25) is 18.9 Å². The zero-order valence-corrected chi connectivity index (χ0v) is 19.4. The van der Waals surface area contributed by atoms with Crippen molar-refractivity contribution in [1.29, 1.82) is 0 Å². The molecule has 170 valence electrons. The van der Waals surface area contributed by atoms with Gasteiger partial charge in [0.25, 0.3) is 5.91 Å². The third-order valence-corrected chi connectivity index (χ3v) is 7.14. The molecule has 4 rings (SSSR count). The van der Waals surface area contributed by atoms with Crippen molar-refractivity contribution in [3.05, 3.63) is 23.0 Å². The fourth-order valence-corrected chi connectivity index (χ4v) is 5.39. The van der Waals surface area contributed by atoms with E-state index in [1.165, 1.54) is 0 Å². The molecule has 0 saturated carbocycles. The van der Waals surface area contributed by atoms with Gasteiger partial charge in [0.05, 0.1) is 18.7 Å². The van der Waals surface area contributed by atoms with Crippen LogP contribution in [0.5, 0.6) is 0 Å². The minimum Gasteiger partial charge on any atom is -0.466 e. The molecule has 4 heterocycles. The number of rotatable bonds is 6. The number of carbonyl (C=O) groups excluding carboxylic acids is 2. The summed E-state index contributed by atoms with van der Waals surface area (Å²) in [5.74, 6) is -0.112. The zero-order chi connectivity index (χ0) is 21.8. The van der Waals surface area contributed by atoms with Crippen molar-refractivity contribution >= 4 is 28.2 Å². The fraction of sp³-hybridized carbons (Fsp3) is 0.682. The molecule has 0 aliphatic carbocycles. The van der Waals surface area contributed by atoms with E-state index in [1.807, 2.05) is 23.4 Å². The third kappa shape index (κ3) is 5.10. The Kier molecular flexibility index (Phi) is 7.24. The Bertz CT molecular complexity index is 910. The minimum absolute atomic E-state index is 0.0279. The van der Waals surface area contributed by atoms with Gasteiger partial charge >= 0.3 is 5.97 Å². The van der Waals surface area contributed by atoms with Crippen LogP contribution in [-0.2, 0) is 16.1 Å². The summed E-state index contributed by atoms with van der Waals surface area (Å²) in [7, 11) is 2.10. The summed E-state index contributed by atoms with van der Waals surface area (Å²) < 4.78 is 7.26. The largest absolute Gasteiger partial charge is 0.466 e. The van der Waals surface area contributed by atoms with Crippen molar-refractivity contribution in [2.45, 2.75) is 51.6 Å². The van der Waals surface area contributed by atoms with Crippen LogP contribution < -0.4 is 0 Å². The lowest BCUT2D eigenvalue weighted by Gasteiger charge is -2.35. The summed E-state index contributed by atoms with van der Waals surface area (Å²) in [6.45, 7) is 7.19. The number of thiazole rings is 1. The Balaban J connectivity index is 1.57. The van der Waals surface area contributed by atoms with Crippen molar-refractivity contribution in [1.82, 2.24) is 24.1 Å². The number of hydrogen-bond donors (Lipinski definition) is 0. The number of imidazole rings is 1. The Hall–Kier alpha value is -1.97. The average molecular weight is 448 g/mol. The van der Waals surface area contributed by atoms with Crippen LogP contribution in [0, 0.1) is 0 Å². The molecule has 2 aromatic rings. The number of ether oxygens (including phenoxy) is 1. The molecule has 2 fully saturated rings. The molecule has 1 unspecified atom stereocenters. The highest BCUT2D eigenvalue weighted by Crippen LogP contribution is 2.26. The molecule has 8 nitrogen and oxygen atoms in total. The Morgan fingerprint density at radius 3 is 2.87 bits per heavy atom. The molecule has 0 N–H and O–H groups in total. The van der Waals surface area contributed by atoms with E-state index in [0.29, 0.717) is 25.3 Å². The quantitative estimate of drug-likeness (QED) is 0.634. The molecule has 0 bridgehead atoms. The van der Waals surface area contributed by atoms with Crippen LogP contribution in [0.25, 0.3) is 4.96 Å². The summed E-state index contributed by atoms with van der Waals surface area (Å²) >= 11 is 1.55. The highest BCUT2D eigenvalue weighted by atomic mass is 32.1. The van der Waals surface area contributed by atoms with Crippen molar-refractivity contribution in [2.24, 2.45) is 0 Å². The van der Waals surface area contributed by atoms with Crippen LogP contribution in [0.4, 0.5) is 0 Å². The smallest absolute Gasteiger partial charge is 0.307 e. The number of amides is 1. The van der Waals surface area contributed by atoms with Gasteiger partial charge in [-0.25, -0.2) is 4.98 Å². The van der Waals surface area contributed by atoms with Gasteiger partial charge in [0.2, 0.25) is 0 Å². The van der Waals surface area contributed by atoms with Crippen molar-refractivity contribution in [2.75, 3.05) is 46.4 Å². The third-order valence-electron chi connectivity index (χ3n) is 6.38. The molecule has 0 radical (unpaired) electrons. The standard InChI is InChI=1S/C22H33N5O3S/c1-3-30-19(28)15-17-7-4-5-9-26(17)16-18-20(23-22-27(18)13-14-31-22)21(29)25-10-6-8-24(2)11-12-25/h13-14,17H,3-12,15-16H2,1-2H3. The maximum atomic E-state index is 13.5. The maximum Gasteiger partial charge on any atom is 0.307 e. The number of hydrogen-bond acceptors (Lipinski definition) is 7. The molecule has 9 heteroatoms. The van der Waals surface area contributed by atoms with Crippen LogP contribution in [-0.4, -0.2) is 88.4 Å². The van der Waals surface area contributed by atoms with Crippen molar-refractivity contribution in [3.8, 4) is 0 Å². The number of nitrogens with zero attached hydrogens (tertiary/aromatic N) is 5. The van der Waals surface area contributed by atoms with Crippen LogP contribution in [0.15, 0.2) is 11.6 Å². The van der Waals surface area contributed by atoms with Gasteiger partial charge in [-0.1, -0.05) is 6.42 Å². The minimum atomic E-state index is -0.140. The molecule has 1 amide bonds. The van der Waals surface area contributed by atoms with Crippen molar-refractivity contribution < 1.29 is 14.3 Å². The Labute approximate surface area is 187 Å². The molecule has 1 atom stereocenters. The number of likely N-dealkylation sites (N-methyl/N-ethyl adjacent to an activating group) is 1. The number of esters is 1. The monoisotopic (exact) mass is 447 g/mol. The SMILES string of the molecule is CCOC(=O)CC1CCCCN1Cc1c(C(=O)N2CCCN(C)CC2)nc2sccn12. The number of piperidine rings is 1. The number of aromatic nitrogens is 2. The molecule has 2 aromatic heterocycles. The summed E-state index contributed by atoms with van der Waals surface area (Å²) in [5, 5.41) is 2.01. The summed E-state index contributed by atoms with van der Waals surface area (Å²) in [6, 6.07) is 0.145. The lowest BCUT2D eigenvalue weighted by Crippen LogP contribution is -2.41. The molecule has 2 aliphatic rings. The second-order valence-corrected chi connectivity index (χ2v) is 9.41. The first-order valence-corrected chi connectivity index (χ1v) is 12.3. The maximum absolute atomic E-state index is 13.5. The van der Waals surface area contributed by atoms with Gasteiger partial charge in [-0.15, -0.1) is 11.3 Å². The van der Waals surface area contributed by atoms with Crippen molar-refractivity contribution in [3.63, 3.8) is 0 Å². The van der Waals surface area contributed by atoms with Gasteiger partial charge in [0, 0.05) is 43.8 Å². The second-order valence-electron chi connectivity index (χ2n) is 8.54. The first-order chi connectivity index (χ1) is 15.1. The zero-order valence-electron chi connectivity index (χ0n) is 18.6. The molecule has 2 saturated heterocycles. The summed E-state index contributed by atoms with van der Waals surface area (Å²) in [5.41, 5.74) is 1.51. The fourth-order valence-electron chi connectivity index (χ4n) is 4.66. The van der Waals surface area contributed by atoms with E-state index in [2.05, 4.69) is 21.2 Å². The normalized spacial score (nSPS) is 21.4. The molecular formula is C22H33N5O3S. The Morgan fingerprint density at radius 1 is 1.16 bits per heavy atom. The lowest BCUT2D eigenvalue weighted by molar-refractivity contribution is -0.145. The van der Waals surface area contributed by atoms with E-state index in [9.17, 15) is 9.59 Å². The van der Waals surface area contributed by atoms with Gasteiger partial charge < -0.3 is 14.5 Å². The molecule has 0 aromatic carbocycles. The molecule has 31 heavy (non-hydrogen) atoms. The van der Waals surface area contributed by atoms with E-state index in [4.69, 9.17) is 9.72 Å². The van der Waals surface area contributed by atoms with E-state index >= 15 is 0 Å². The van der Waals surface area contributed by atoms with Crippen LogP contribution >= 0.6 is 11.3 Å². The van der Waals surface area contributed by atoms with Crippen LogP contribution in [0.3, 0.4) is 0 Å². The van der Waals surface area contributed by atoms with E-state index < -0.39 is 0 Å². The highest BCUT2D eigenvalue weighted by molar-refractivity contribution is 7.15. The van der Waals surface area contributed by atoms with E-state index in [-0.39, 0.29) is 17.9 Å². The van der Waals surface area contributed by atoms with Gasteiger partial charge in [0.1, 0.15) is 0 Å². The Morgan fingerprint density at radius 2 is 2.03 bits per heavy atom. The van der Waals surface area contributed by atoms with E-state index in [0.717, 1.165) is 69.1 Å². The van der Waals surface area contributed by atoms with Crippen LogP contribution in [0.1, 0.15) is 55.2 Å². The average Bonchev–Trinajstić information content (AvgIpc) is 3.27. The predicted octanol–water partition coefficient (Wildman–Crippen LogP) is 2.48. The molecule has 2 aliphatic heterocycles. The summed E-state index contributed by atoms with van der Waals surface area (Å²) in [6.07, 6.45) is 6.58. The van der Waals surface area contributed by atoms with Gasteiger partial charge in [-0.2, -0.15) is 0 Å². The van der Waals surface area contributed by atoms with Gasteiger partial charge in [-0.05, 0) is 46.3 Å². The molecular weight excluding hydrogens is 414 g/mol. The summed E-state index contributed by atoms with van der Waals surface area (Å²) in [4.78, 5) is 37.8. The van der Waals surface area contributed by atoms with Crippen LogP contribution in [0.2, 0.25) is 0 Å². The topological polar surface area (TPSA) is 70.4 Å². The van der Waals surface area contributed by atoms with Gasteiger partial charge in [0.15, 0.2) is 10.7 Å². The lowest BCUT2D eigenvalue weighted by atomic mass is 9.99.